The van der Waals surface area contributed by atoms with Gasteiger partial charge in [0.2, 0.25) is 11.8 Å². The van der Waals surface area contributed by atoms with Gasteiger partial charge in [-0.25, -0.2) is 0 Å². The Morgan fingerprint density at radius 3 is 2.52 bits per heavy atom. The molecule has 1 aromatic carbocycles. The Morgan fingerprint density at radius 1 is 1.20 bits per heavy atom. The summed E-state index contributed by atoms with van der Waals surface area (Å²) in [6.45, 7) is 8.53. The Labute approximate surface area is 149 Å². The fourth-order valence-corrected chi connectivity index (χ4v) is 3.47. The maximum absolute atomic E-state index is 12.1. The van der Waals surface area contributed by atoms with Crippen LogP contribution in [0.1, 0.15) is 25.8 Å². The van der Waals surface area contributed by atoms with Crippen LogP contribution in [0.4, 0.5) is 5.69 Å². The molecular weight excluding hydrogens is 318 g/mol. The molecule has 1 aliphatic rings. The molecule has 1 fully saturated rings. The van der Waals surface area contributed by atoms with E-state index in [9.17, 15) is 9.59 Å². The van der Waals surface area contributed by atoms with Crippen molar-refractivity contribution < 1.29 is 14.3 Å². The van der Waals surface area contributed by atoms with Crippen molar-refractivity contribution in [1.82, 2.24) is 10.2 Å². The molecule has 2 rings (SSSR count). The maximum atomic E-state index is 12.1. The average molecular weight is 347 g/mol. The lowest BCUT2D eigenvalue weighted by Gasteiger charge is -2.34. The van der Waals surface area contributed by atoms with Crippen molar-refractivity contribution in [2.45, 2.75) is 27.2 Å². The molecule has 1 aromatic rings. The van der Waals surface area contributed by atoms with Crippen LogP contribution in [0.15, 0.2) is 18.2 Å². The third-order valence-electron chi connectivity index (χ3n) is 4.39. The van der Waals surface area contributed by atoms with Gasteiger partial charge in [-0.2, -0.15) is 0 Å². The second-order valence-corrected chi connectivity index (χ2v) is 7.17. The first kappa shape index (κ1) is 19.2. The Morgan fingerprint density at radius 2 is 1.88 bits per heavy atom. The van der Waals surface area contributed by atoms with E-state index in [2.05, 4.69) is 29.4 Å². The van der Waals surface area contributed by atoms with Crippen molar-refractivity contribution in [1.29, 1.82) is 0 Å². The van der Waals surface area contributed by atoms with Gasteiger partial charge < -0.3 is 15.4 Å². The number of carbonyl (C=O) groups is 2. The van der Waals surface area contributed by atoms with Crippen LogP contribution in [-0.4, -0.2) is 50.0 Å². The largest absolute Gasteiger partial charge is 0.495 e. The van der Waals surface area contributed by atoms with Gasteiger partial charge in [0.25, 0.3) is 0 Å². The van der Waals surface area contributed by atoms with Crippen molar-refractivity contribution >= 4 is 17.5 Å². The van der Waals surface area contributed by atoms with Gasteiger partial charge >= 0.3 is 0 Å². The van der Waals surface area contributed by atoms with E-state index in [1.165, 1.54) is 6.42 Å². The maximum Gasteiger partial charge on any atom is 0.243 e. The second-order valence-electron chi connectivity index (χ2n) is 7.17. The number of piperidine rings is 1. The van der Waals surface area contributed by atoms with Gasteiger partial charge in [0, 0.05) is 13.1 Å². The summed E-state index contributed by atoms with van der Waals surface area (Å²) in [5, 5.41) is 5.48. The van der Waals surface area contributed by atoms with Crippen molar-refractivity contribution in [2.24, 2.45) is 11.8 Å². The van der Waals surface area contributed by atoms with Crippen LogP contribution in [0.25, 0.3) is 0 Å². The van der Waals surface area contributed by atoms with Crippen LogP contribution in [0.2, 0.25) is 0 Å². The SMILES string of the molecule is COc1ccc(C)cc1NC(=O)CNC(=O)CN1CC(C)CC(C)C1. The third kappa shape index (κ3) is 6.05. The summed E-state index contributed by atoms with van der Waals surface area (Å²) in [6.07, 6.45) is 1.21. The monoisotopic (exact) mass is 347 g/mol. The summed E-state index contributed by atoms with van der Waals surface area (Å²) in [4.78, 5) is 26.4. The van der Waals surface area contributed by atoms with Gasteiger partial charge in [0.05, 0.1) is 25.9 Å². The number of benzene rings is 1. The number of likely N-dealkylation sites (tertiary alicyclic amines) is 1. The van der Waals surface area contributed by atoms with Gasteiger partial charge in [-0.05, 0) is 42.9 Å². The number of nitrogens with one attached hydrogen (secondary N) is 2. The zero-order chi connectivity index (χ0) is 18.4. The molecular formula is C19H29N3O3. The van der Waals surface area contributed by atoms with Crippen molar-refractivity contribution in [2.75, 3.05) is 38.6 Å². The molecule has 2 atom stereocenters. The van der Waals surface area contributed by atoms with Crippen LogP contribution >= 0.6 is 0 Å². The first-order chi connectivity index (χ1) is 11.9. The van der Waals surface area contributed by atoms with Gasteiger partial charge in [0.15, 0.2) is 0 Å². The number of rotatable bonds is 6. The van der Waals surface area contributed by atoms with Crippen LogP contribution in [0.3, 0.4) is 0 Å². The zero-order valence-electron chi connectivity index (χ0n) is 15.6. The minimum absolute atomic E-state index is 0.0467. The molecule has 6 nitrogen and oxygen atoms in total. The smallest absolute Gasteiger partial charge is 0.243 e. The second kappa shape index (κ2) is 8.85. The predicted octanol–water partition coefficient (Wildman–Crippen LogP) is 2.04. The lowest BCUT2D eigenvalue weighted by molar-refractivity contribution is -0.125. The highest BCUT2D eigenvalue weighted by Crippen LogP contribution is 2.25. The molecule has 6 heteroatoms. The highest BCUT2D eigenvalue weighted by atomic mass is 16.5. The van der Waals surface area contributed by atoms with Crippen molar-refractivity contribution in [3.63, 3.8) is 0 Å². The van der Waals surface area contributed by atoms with E-state index in [4.69, 9.17) is 4.74 Å². The number of ether oxygens (including phenoxy) is 1. The van der Waals surface area contributed by atoms with E-state index in [-0.39, 0.29) is 18.4 Å². The normalized spacial score (nSPS) is 20.8. The summed E-state index contributed by atoms with van der Waals surface area (Å²) >= 11 is 0. The van der Waals surface area contributed by atoms with Gasteiger partial charge in [-0.15, -0.1) is 0 Å². The highest BCUT2D eigenvalue weighted by Gasteiger charge is 2.23. The summed E-state index contributed by atoms with van der Waals surface area (Å²) < 4.78 is 5.24. The van der Waals surface area contributed by atoms with Crippen LogP contribution < -0.4 is 15.4 Å². The first-order valence-corrected chi connectivity index (χ1v) is 8.81. The molecule has 1 heterocycles. The Hall–Kier alpha value is -2.08. The molecule has 0 saturated carbocycles. The third-order valence-corrected chi connectivity index (χ3v) is 4.39. The van der Waals surface area contributed by atoms with Crippen LogP contribution in [-0.2, 0) is 9.59 Å². The fraction of sp³-hybridized carbons (Fsp3) is 0.579. The molecule has 1 aliphatic heterocycles. The molecule has 2 N–H and O–H groups in total. The Kier molecular flexibility index (Phi) is 6.82. The van der Waals surface area contributed by atoms with E-state index in [0.717, 1.165) is 18.7 Å². The molecule has 25 heavy (non-hydrogen) atoms. The highest BCUT2D eigenvalue weighted by molar-refractivity contribution is 5.96. The molecule has 2 amide bonds. The van der Waals surface area contributed by atoms with E-state index < -0.39 is 0 Å². The molecule has 2 unspecified atom stereocenters. The first-order valence-electron chi connectivity index (χ1n) is 8.81. The van der Waals surface area contributed by atoms with E-state index in [1.807, 2.05) is 25.1 Å². The fourth-order valence-electron chi connectivity index (χ4n) is 3.47. The minimum atomic E-state index is -0.266. The lowest BCUT2D eigenvalue weighted by Crippen LogP contribution is -2.45. The standard InChI is InChI=1S/C19H29N3O3/c1-13-5-6-17(25-4)16(8-13)21-18(23)9-20-19(24)12-22-10-14(2)7-15(3)11-22/h5-6,8,14-15H,7,9-12H2,1-4H3,(H,20,24)(H,21,23). The number of hydrogen-bond donors (Lipinski definition) is 2. The zero-order valence-corrected chi connectivity index (χ0v) is 15.6. The van der Waals surface area contributed by atoms with Crippen molar-refractivity contribution in [3.05, 3.63) is 23.8 Å². The molecule has 0 radical (unpaired) electrons. The number of methoxy groups -OCH3 is 1. The molecule has 0 bridgehead atoms. The molecule has 0 aliphatic carbocycles. The number of amides is 2. The van der Waals surface area contributed by atoms with Gasteiger partial charge in [-0.1, -0.05) is 19.9 Å². The average Bonchev–Trinajstić information content (AvgIpc) is 2.52. The van der Waals surface area contributed by atoms with Crippen molar-refractivity contribution in [3.8, 4) is 5.75 Å². The predicted molar refractivity (Wildman–Crippen MR) is 98.8 cm³/mol. The Bertz CT molecular complexity index is 608. The van der Waals surface area contributed by atoms with E-state index in [0.29, 0.717) is 29.8 Å². The number of aryl methyl sites for hydroxylation is 1. The molecule has 138 valence electrons. The summed E-state index contributed by atoms with van der Waals surface area (Å²) in [5.74, 6) is 1.43. The van der Waals surface area contributed by atoms with Gasteiger partial charge in [0.1, 0.15) is 5.75 Å². The molecule has 0 aromatic heterocycles. The summed E-state index contributed by atoms with van der Waals surface area (Å²) in [5.41, 5.74) is 1.63. The van der Waals surface area contributed by atoms with Gasteiger partial charge in [-0.3, -0.25) is 14.5 Å². The number of nitrogens with zero attached hydrogens (tertiary/aromatic N) is 1. The van der Waals surface area contributed by atoms with Crippen LogP contribution in [0, 0.1) is 18.8 Å². The number of hydrogen-bond acceptors (Lipinski definition) is 4. The molecule has 1 saturated heterocycles. The number of anilines is 1. The quantitative estimate of drug-likeness (QED) is 0.826. The minimum Gasteiger partial charge on any atom is -0.495 e. The Balaban J connectivity index is 1.80. The van der Waals surface area contributed by atoms with E-state index >= 15 is 0 Å². The van der Waals surface area contributed by atoms with Crippen LogP contribution in [0.5, 0.6) is 5.75 Å². The topological polar surface area (TPSA) is 70.7 Å². The summed E-state index contributed by atoms with van der Waals surface area (Å²) in [6, 6.07) is 5.56. The van der Waals surface area contributed by atoms with E-state index in [1.54, 1.807) is 7.11 Å². The number of carbonyl (C=O) groups excluding carboxylic acids is 2. The molecule has 0 spiro atoms. The lowest BCUT2D eigenvalue weighted by atomic mass is 9.92. The summed E-state index contributed by atoms with van der Waals surface area (Å²) in [7, 11) is 1.56.